The highest BCUT2D eigenvalue weighted by Gasteiger charge is 2.31. The van der Waals surface area contributed by atoms with Gasteiger partial charge in [-0.1, -0.05) is 18.5 Å². The predicted molar refractivity (Wildman–Crippen MR) is 158 cm³/mol. The molecule has 0 unspecified atom stereocenters. The van der Waals surface area contributed by atoms with E-state index in [0.717, 1.165) is 39.9 Å². The molecule has 3 aromatic heterocycles. The Labute approximate surface area is 253 Å². The van der Waals surface area contributed by atoms with Gasteiger partial charge in [0.2, 0.25) is 11.7 Å². The van der Waals surface area contributed by atoms with Gasteiger partial charge in [0.05, 0.1) is 40.1 Å². The van der Waals surface area contributed by atoms with Gasteiger partial charge in [-0.05, 0) is 49.6 Å². The number of carbonyl (C=O) groups excluding carboxylic acids is 1. The van der Waals surface area contributed by atoms with E-state index in [1.807, 2.05) is 24.8 Å². The Balaban J connectivity index is 1.43. The van der Waals surface area contributed by atoms with Crippen LogP contribution in [0.4, 0.5) is 24.5 Å². The Morgan fingerprint density at radius 2 is 2.12 bits per heavy atom. The first-order valence-corrected chi connectivity index (χ1v) is 15.1. The van der Waals surface area contributed by atoms with E-state index in [4.69, 9.17) is 21.3 Å². The molecule has 0 radical (unpaired) electrons. The van der Waals surface area contributed by atoms with E-state index in [1.165, 1.54) is 15.9 Å². The van der Waals surface area contributed by atoms with E-state index in [-0.39, 0.29) is 34.6 Å². The molecule has 228 valence electrons. The van der Waals surface area contributed by atoms with Crippen LogP contribution in [0.2, 0.25) is 5.02 Å². The van der Waals surface area contributed by atoms with E-state index >= 15 is 0 Å². The van der Waals surface area contributed by atoms with Gasteiger partial charge in [0.15, 0.2) is 5.82 Å². The quantitative estimate of drug-likeness (QED) is 0.324. The number of carbonyl (C=O) groups is 1. The van der Waals surface area contributed by atoms with Crippen molar-refractivity contribution in [2.75, 3.05) is 36.5 Å². The Bertz CT molecular complexity index is 1740. The number of piperazine rings is 1. The molecule has 0 aliphatic carbocycles. The van der Waals surface area contributed by atoms with Gasteiger partial charge in [0.1, 0.15) is 12.2 Å². The van der Waals surface area contributed by atoms with Crippen LogP contribution >= 0.6 is 22.9 Å². The number of aromatic nitrogens is 4. The fourth-order valence-corrected chi connectivity index (χ4v) is 6.86. The van der Waals surface area contributed by atoms with Crippen molar-refractivity contribution in [1.29, 1.82) is 0 Å². The molecule has 1 saturated heterocycles. The maximum absolute atomic E-state index is 14.0. The molecule has 2 N–H and O–H groups in total. The van der Waals surface area contributed by atoms with Crippen LogP contribution in [0.1, 0.15) is 35.5 Å². The van der Waals surface area contributed by atoms with Crippen LogP contribution < -0.4 is 21.1 Å². The number of nitrogens with zero attached hydrogens (tertiary/aromatic N) is 5. The Morgan fingerprint density at radius 1 is 1.30 bits per heavy atom. The average molecular weight is 636 g/mol. The summed E-state index contributed by atoms with van der Waals surface area (Å²) in [5.74, 6) is 0.0132. The summed E-state index contributed by atoms with van der Waals surface area (Å²) in [6, 6.07) is 4.90. The fourth-order valence-electron chi connectivity index (χ4n) is 5.55. The summed E-state index contributed by atoms with van der Waals surface area (Å²) in [4.78, 5) is 36.0. The van der Waals surface area contributed by atoms with Crippen molar-refractivity contribution in [3.8, 4) is 10.7 Å². The minimum atomic E-state index is -4.57. The second-order valence-electron chi connectivity index (χ2n) is 10.6. The lowest BCUT2D eigenvalue weighted by atomic mass is 10.1. The molecule has 1 atom stereocenters. The van der Waals surface area contributed by atoms with Gasteiger partial charge in [-0.15, -0.1) is 16.4 Å². The molecule has 1 amide bonds. The third-order valence-electron chi connectivity index (χ3n) is 7.58. The van der Waals surface area contributed by atoms with Crippen LogP contribution in [0.3, 0.4) is 0 Å². The van der Waals surface area contributed by atoms with Gasteiger partial charge in [-0.2, -0.15) is 22.7 Å². The Morgan fingerprint density at radius 3 is 2.81 bits per heavy atom. The number of anilines is 2. The van der Waals surface area contributed by atoms with E-state index in [9.17, 15) is 22.8 Å². The molecule has 4 aromatic rings. The maximum Gasteiger partial charge on any atom is 0.416 e. The lowest BCUT2D eigenvalue weighted by molar-refractivity contribution is -0.137. The third kappa shape index (κ3) is 5.76. The largest absolute Gasteiger partial charge is 0.416 e. The van der Waals surface area contributed by atoms with Crippen LogP contribution in [-0.2, 0) is 41.7 Å². The molecule has 0 saturated carbocycles. The minimum Gasteiger partial charge on any atom is -0.376 e. The Hall–Kier alpha value is -3.46. The molecular formula is C28H29ClF3N7O3S. The number of thiophene rings is 1. The van der Waals surface area contributed by atoms with E-state index in [2.05, 4.69) is 15.7 Å². The van der Waals surface area contributed by atoms with Crippen LogP contribution in [0.25, 0.3) is 16.5 Å². The number of hydrogen-bond donors (Lipinski definition) is 2. The molecule has 6 rings (SSSR count). The summed E-state index contributed by atoms with van der Waals surface area (Å²) in [5, 5.41) is 10.4. The standard InChI is InChI=1S/C28H29ClF3N7O3S/c1-3-20-24(37-8-7-33-15(2)12-37)26(41)39-27(35-25(36-39)21-10-16-6-9-42-14-22(16)43-21)38(20)13-23(40)34-19-5-4-17(11-18(19)29)28(30,31)32/h4-5,10-11,15,33H,3,6-9,12-14H2,1-2H3,(H,34,40)/t15-/m0/s1. The van der Waals surface area contributed by atoms with E-state index in [0.29, 0.717) is 56.5 Å². The second-order valence-corrected chi connectivity index (χ2v) is 12.1. The molecular weight excluding hydrogens is 607 g/mol. The molecule has 0 bridgehead atoms. The fraction of sp³-hybridized carbons (Fsp3) is 0.429. The van der Waals surface area contributed by atoms with Gasteiger partial charge in [0.25, 0.3) is 5.56 Å². The minimum absolute atomic E-state index is 0.0412. The second kappa shape index (κ2) is 11.6. The maximum atomic E-state index is 14.0. The molecule has 0 spiro atoms. The molecule has 43 heavy (non-hydrogen) atoms. The smallest absolute Gasteiger partial charge is 0.376 e. The van der Waals surface area contributed by atoms with Gasteiger partial charge < -0.3 is 24.8 Å². The summed E-state index contributed by atoms with van der Waals surface area (Å²) in [6.45, 7) is 6.66. The highest BCUT2D eigenvalue weighted by Crippen LogP contribution is 2.35. The third-order valence-corrected chi connectivity index (χ3v) is 9.04. The van der Waals surface area contributed by atoms with Crippen LogP contribution in [0, 0.1) is 0 Å². The van der Waals surface area contributed by atoms with Crippen molar-refractivity contribution >= 4 is 46.0 Å². The number of nitrogens with one attached hydrogen (secondary N) is 2. The average Bonchev–Trinajstić information content (AvgIpc) is 3.60. The zero-order valence-electron chi connectivity index (χ0n) is 23.4. The van der Waals surface area contributed by atoms with Crippen LogP contribution in [-0.4, -0.2) is 57.4 Å². The number of amides is 1. The first-order chi connectivity index (χ1) is 20.5. The van der Waals surface area contributed by atoms with Crippen LogP contribution in [0.5, 0.6) is 0 Å². The highest BCUT2D eigenvalue weighted by molar-refractivity contribution is 7.15. The normalized spacial score (nSPS) is 17.3. The number of fused-ring (bicyclic) bond motifs is 2. The van der Waals surface area contributed by atoms with E-state index in [1.54, 1.807) is 4.57 Å². The number of hydrogen-bond acceptors (Lipinski definition) is 8. The summed E-state index contributed by atoms with van der Waals surface area (Å²) < 4.78 is 47.8. The SMILES string of the molecule is CCc1c(N2CCN[C@@H](C)C2)c(=O)n2nc(-c3cc4c(s3)COCC4)nc2n1CC(=O)Nc1ccc(C(F)(F)F)cc1Cl. The van der Waals surface area contributed by atoms with E-state index < -0.39 is 17.6 Å². The first-order valence-electron chi connectivity index (χ1n) is 13.9. The van der Waals surface area contributed by atoms with Gasteiger partial charge in [0, 0.05) is 30.6 Å². The predicted octanol–water partition coefficient (Wildman–Crippen LogP) is 4.36. The molecule has 1 fully saturated rings. The van der Waals surface area contributed by atoms with Gasteiger partial charge in [-0.25, -0.2) is 0 Å². The number of benzene rings is 1. The topological polar surface area (TPSA) is 106 Å². The van der Waals surface area contributed by atoms with Crippen molar-refractivity contribution in [2.45, 2.75) is 52.1 Å². The summed E-state index contributed by atoms with van der Waals surface area (Å²) >= 11 is 7.61. The lowest BCUT2D eigenvalue weighted by Crippen LogP contribution is -2.51. The number of ether oxygens (including phenoxy) is 1. The zero-order valence-corrected chi connectivity index (χ0v) is 25.0. The lowest BCUT2D eigenvalue weighted by Gasteiger charge is -2.34. The van der Waals surface area contributed by atoms with Crippen molar-refractivity contribution in [2.24, 2.45) is 0 Å². The summed E-state index contributed by atoms with van der Waals surface area (Å²) in [6.07, 6.45) is -3.37. The van der Waals surface area contributed by atoms with Crippen molar-refractivity contribution in [3.05, 3.63) is 61.3 Å². The molecule has 2 aliphatic rings. The van der Waals surface area contributed by atoms with Crippen molar-refractivity contribution in [3.63, 3.8) is 0 Å². The summed E-state index contributed by atoms with van der Waals surface area (Å²) in [7, 11) is 0. The Kier molecular flexibility index (Phi) is 7.96. The van der Waals surface area contributed by atoms with Gasteiger partial charge in [-0.3, -0.25) is 9.59 Å². The first kappa shape index (κ1) is 29.6. The number of rotatable bonds is 6. The van der Waals surface area contributed by atoms with Crippen LogP contribution in [0.15, 0.2) is 29.1 Å². The monoisotopic (exact) mass is 635 g/mol. The number of halogens is 4. The van der Waals surface area contributed by atoms with Crippen molar-refractivity contribution in [1.82, 2.24) is 24.5 Å². The number of alkyl halides is 3. The molecule has 1 aromatic carbocycles. The zero-order chi connectivity index (χ0) is 30.5. The van der Waals surface area contributed by atoms with Gasteiger partial charge >= 0.3 is 6.18 Å². The summed E-state index contributed by atoms with van der Waals surface area (Å²) in [5.41, 5.74) is 1.01. The molecule has 5 heterocycles. The van der Waals surface area contributed by atoms with Crippen molar-refractivity contribution < 1.29 is 22.7 Å². The molecule has 2 aliphatic heterocycles. The molecule has 10 nitrogen and oxygen atoms in total. The molecule has 15 heteroatoms. The highest BCUT2D eigenvalue weighted by atomic mass is 35.5.